The number of aromatic nitrogens is 1. The van der Waals surface area contributed by atoms with Crippen LogP contribution in [0.25, 0.3) is 0 Å². The zero-order chi connectivity index (χ0) is 17.0. The van der Waals surface area contributed by atoms with Crippen LogP contribution in [0.15, 0.2) is 34.3 Å². The van der Waals surface area contributed by atoms with Crippen LogP contribution >= 0.6 is 11.5 Å². The van der Waals surface area contributed by atoms with Gasteiger partial charge in [0.15, 0.2) is 0 Å². The van der Waals surface area contributed by atoms with Gasteiger partial charge in [-0.05, 0) is 56.6 Å². The lowest BCUT2D eigenvalue weighted by atomic mass is 10.2. The number of nitrogens with zero attached hydrogens (tertiary/aromatic N) is 2. The van der Waals surface area contributed by atoms with Gasteiger partial charge in [-0.25, -0.2) is 0 Å². The van der Waals surface area contributed by atoms with E-state index in [1.165, 1.54) is 12.1 Å². The van der Waals surface area contributed by atoms with Crippen LogP contribution in [0, 0.1) is 6.92 Å². The molecule has 9 heteroatoms. The summed E-state index contributed by atoms with van der Waals surface area (Å²) in [7, 11) is -3.75. The molecule has 124 valence electrons. The first-order chi connectivity index (χ1) is 10.8. The second-order valence-corrected chi connectivity index (χ2v) is 7.17. The summed E-state index contributed by atoms with van der Waals surface area (Å²) in [6.07, 6.45) is 0. The van der Waals surface area contributed by atoms with Gasteiger partial charge in [-0.15, -0.1) is 0 Å². The first-order valence-corrected chi connectivity index (χ1v) is 9.12. The van der Waals surface area contributed by atoms with Crippen molar-refractivity contribution >= 4 is 32.3 Å². The standard InChI is InChI=1S/C14H18N4O3S2/c1-4-21-11-5-7-12(8-6-11)23(19,20)18-16-9(2)13-10(3)17-22-14(13)15/h5-8,18H,4,15H2,1-3H3/b16-9-. The highest BCUT2D eigenvalue weighted by Gasteiger charge is 2.15. The summed E-state index contributed by atoms with van der Waals surface area (Å²) in [5.74, 6) is 0.610. The van der Waals surface area contributed by atoms with Crippen LogP contribution in [0.2, 0.25) is 0 Å². The first-order valence-electron chi connectivity index (χ1n) is 6.86. The smallest absolute Gasteiger partial charge is 0.276 e. The summed E-state index contributed by atoms with van der Waals surface area (Å²) >= 11 is 1.15. The van der Waals surface area contributed by atoms with E-state index in [1.807, 2.05) is 6.92 Å². The number of hydrogen-bond acceptors (Lipinski definition) is 7. The van der Waals surface area contributed by atoms with Gasteiger partial charge in [0.1, 0.15) is 10.8 Å². The highest BCUT2D eigenvalue weighted by molar-refractivity contribution is 7.89. The number of hydrogen-bond donors (Lipinski definition) is 2. The highest BCUT2D eigenvalue weighted by Crippen LogP contribution is 2.21. The van der Waals surface area contributed by atoms with E-state index >= 15 is 0 Å². The number of sulfonamides is 1. The summed E-state index contributed by atoms with van der Waals surface area (Å²) in [5, 5.41) is 4.43. The SMILES string of the molecule is CCOc1ccc(S(=O)(=O)N/N=C(/C)c2c(C)nsc2N)cc1. The molecule has 0 saturated carbocycles. The Morgan fingerprint density at radius 1 is 1.39 bits per heavy atom. The van der Waals surface area contributed by atoms with Gasteiger partial charge < -0.3 is 10.5 Å². The number of nitrogens with two attached hydrogens (primary N) is 1. The number of nitrogen functional groups attached to an aromatic ring is 1. The molecule has 0 bridgehead atoms. The second kappa shape index (κ2) is 6.97. The van der Waals surface area contributed by atoms with Gasteiger partial charge in [0.05, 0.1) is 28.5 Å². The Balaban J connectivity index is 2.19. The maximum atomic E-state index is 12.2. The predicted molar refractivity (Wildman–Crippen MR) is 91.4 cm³/mol. The van der Waals surface area contributed by atoms with E-state index in [2.05, 4.69) is 14.3 Å². The average Bonchev–Trinajstić information content (AvgIpc) is 2.85. The van der Waals surface area contributed by atoms with E-state index < -0.39 is 10.0 Å². The number of anilines is 1. The van der Waals surface area contributed by atoms with E-state index in [0.717, 1.165) is 11.5 Å². The Morgan fingerprint density at radius 3 is 2.57 bits per heavy atom. The molecule has 1 heterocycles. The fraction of sp³-hybridized carbons (Fsp3) is 0.286. The van der Waals surface area contributed by atoms with Crippen LogP contribution < -0.4 is 15.3 Å². The first kappa shape index (κ1) is 17.2. The van der Waals surface area contributed by atoms with Gasteiger partial charge >= 0.3 is 0 Å². The molecule has 0 saturated heterocycles. The van der Waals surface area contributed by atoms with Crippen molar-refractivity contribution in [3.05, 3.63) is 35.5 Å². The summed E-state index contributed by atoms with van der Waals surface area (Å²) in [6, 6.07) is 6.12. The van der Waals surface area contributed by atoms with Gasteiger partial charge in [-0.1, -0.05) is 0 Å². The summed E-state index contributed by atoms with van der Waals surface area (Å²) in [5.41, 5.74) is 7.66. The van der Waals surface area contributed by atoms with Gasteiger partial charge in [0, 0.05) is 0 Å². The summed E-state index contributed by atoms with van der Waals surface area (Å²) < 4.78 is 33.9. The minimum Gasteiger partial charge on any atom is -0.494 e. The number of rotatable bonds is 6. The number of hydrazone groups is 1. The third kappa shape index (κ3) is 3.99. The molecule has 7 nitrogen and oxygen atoms in total. The molecule has 0 radical (unpaired) electrons. The lowest BCUT2D eigenvalue weighted by molar-refractivity contribution is 0.340. The van der Waals surface area contributed by atoms with Crippen LogP contribution in [0.3, 0.4) is 0 Å². The maximum absolute atomic E-state index is 12.2. The molecule has 0 fully saturated rings. The Morgan fingerprint density at radius 2 is 2.04 bits per heavy atom. The average molecular weight is 354 g/mol. The monoisotopic (exact) mass is 354 g/mol. The molecule has 0 aliphatic carbocycles. The Bertz CT molecular complexity index is 792. The molecule has 0 amide bonds. The zero-order valence-corrected chi connectivity index (χ0v) is 14.7. The molecule has 0 unspecified atom stereocenters. The van der Waals surface area contributed by atoms with Crippen LogP contribution in [0.4, 0.5) is 5.00 Å². The largest absolute Gasteiger partial charge is 0.494 e. The van der Waals surface area contributed by atoms with Crippen molar-refractivity contribution in [1.29, 1.82) is 0 Å². The molecular weight excluding hydrogens is 336 g/mol. The van der Waals surface area contributed by atoms with E-state index in [4.69, 9.17) is 10.5 Å². The van der Waals surface area contributed by atoms with Crippen LogP contribution in [-0.4, -0.2) is 25.1 Å². The second-order valence-electron chi connectivity index (χ2n) is 4.70. The van der Waals surface area contributed by atoms with Crippen LogP contribution in [0.1, 0.15) is 25.1 Å². The van der Waals surface area contributed by atoms with E-state index in [9.17, 15) is 8.42 Å². The van der Waals surface area contributed by atoms with Crippen molar-refractivity contribution in [3.63, 3.8) is 0 Å². The molecular formula is C14H18N4O3S2. The molecule has 2 rings (SSSR count). The minimum absolute atomic E-state index is 0.102. The van der Waals surface area contributed by atoms with Crippen molar-refractivity contribution < 1.29 is 13.2 Å². The summed E-state index contributed by atoms with van der Waals surface area (Å²) in [4.78, 5) is 2.31. The lowest BCUT2D eigenvalue weighted by Crippen LogP contribution is -2.20. The molecule has 23 heavy (non-hydrogen) atoms. The van der Waals surface area contributed by atoms with Crippen LogP contribution in [-0.2, 0) is 10.0 Å². The molecule has 2 aromatic rings. The third-order valence-corrected chi connectivity index (χ3v) is 5.02. The molecule has 1 aromatic carbocycles. The number of aryl methyl sites for hydroxylation is 1. The molecule has 1 aromatic heterocycles. The molecule has 0 atom stereocenters. The minimum atomic E-state index is -3.75. The highest BCUT2D eigenvalue weighted by atomic mass is 32.2. The fourth-order valence-electron chi connectivity index (χ4n) is 1.95. The Labute approximate surface area is 139 Å². The third-order valence-electron chi connectivity index (χ3n) is 3.03. The number of nitrogens with one attached hydrogen (secondary N) is 1. The van der Waals surface area contributed by atoms with Gasteiger partial charge in [0.2, 0.25) is 0 Å². The predicted octanol–water partition coefficient (Wildman–Crippen LogP) is 2.13. The van der Waals surface area contributed by atoms with Gasteiger partial charge in [-0.2, -0.15) is 22.7 Å². The van der Waals surface area contributed by atoms with Gasteiger partial charge in [0.25, 0.3) is 10.0 Å². The fourth-order valence-corrected chi connectivity index (χ4v) is 3.52. The van der Waals surface area contributed by atoms with Crippen LogP contribution in [0.5, 0.6) is 5.75 Å². The topological polar surface area (TPSA) is 107 Å². The Kier molecular flexibility index (Phi) is 5.22. The molecule has 0 aliphatic heterocycles. The quantitative estimate of drug-likeness (QED) is 0.610. The van der Waals surface area contributed by atoms with Crippen molar-refractivity contribution in [3.8, 4) is 5.75 Å². The van der Waals surface area contributed by atoms with E-state index in [0.29, 0.717) is 34.3 Å². The van der Waals surface area contributed by atoms with E-state index in [1.54, 1.807) is 26.0 Å². The zero-order valence-electron chi connectivity index (χ0n) is 13.0. The Hall–Kier alpha value is -2.13. The molecule has 0 spiro atoms. The van der Waals surface area contributed by atoms with Gasteiger partial charge in [-0.3, -0.25) is 0 Å². The number of benzene rings is 1. The lowest BCUT2D eigenvalue weighted by Gasteiger charge is -2.07. The molecule has 0 aliphatic rings. The van der Waals surface area contributed by atoms with Crippen molar-refractivity contribution in [1.82, 2.24) is 9.20 Å². The number of ether oxygens (including phenoxy) is 1. The summed E-state index contributed by atoms with van der Waals surface area (Å²) in [6.45, 7) is 5.84. The van der Waals surface area contributed by atoms with Crippen molar-refractivity contribution in [2.75, 3.05) is 12.3 Å². The van der Waals surface area contributed by atoms with Crippen molar-refractivity contribution in [2.24, 2.45) is 5.10 Å². The van der Waals surface area contributed by atoms with E-state index in [-0.39, 0.29) is 4.90 Å². The molecule has 3 N–H and O–H groups in total. The van der Waals surface area contributed by atoms with Crippen molar-refractivity contribution in [2.45, 2.75) is 25.7 Å². The maximum Gasteiger partial charge on any atom is 0.276 e. The normalized spacial score (nSPS) is 12.2.